The second kappa shape index (κ2) is 13.2. The van der Waals surface area contributed by atoms with Crippen molar-refractivity contribution in [3.05, 3.63) is 84.4 Å². The highest BCUT2D eigenvalue weighted by molar-refractivity contribution is 5.97. The summed E-state index contributed by atoms with van der Waals surface area (Å²) in [6, 6.07) is 20.4. The molecule has 0 saturated carbocycles. The Kier molecular flexibility index (Phi) is 9.15. The number of nitrogens with zero attached hydrogens (tertiary/aromatic N) is 3. The number of carbonyl (C=O) groups is 3. The van der Waals surface area contributed by atoms with Gasteiger partial charge in [-0.25, -0.2) is 0 Å². The summed E-state index contributed by atoms with van der Waals surface area (Å²) in [6.45, 7) is 2.46. The number of hydrogen-bond donors (Lipinski definition) is 2. The summed E-state index contributed by atoms with van der Waals surface area (Å²) < 4.78 is 45.1. The topological polar surface area (TPSA) is 94.2 Å². The van der Waals surface area contributed by atoms with Crippen molar-refractivity contribution in [2.24, 2.45) is 0 Å². The normalized spacial score (nSPS) is 17.7. The molecular formula is C31H32F3N5O4. The number of hydrogen-bond acceptors (Lipinski definition) is 6. The van der Waals surface area contributed by atoms with Crippen molar-refractivity contribution in [3.8, 4) is 11.5 Å². The monoisotopic (exact) mass is 595 g/mol. The number of nitrogens with one attached hydrogen (secondary N) is 2. The van der Waals surface area contributed by atoms with Crippen LogP contribution >= 0.6 is 0 Å². The fourth-order valence-corrected chi connectivity index (χ4v) is 5.16. The van der Waals surface area contributed by atoms with Crippen LogP contribution in [0.25, 0.3) is 0 Å². The van der Waals surface area contributed by atoms with E-state index in [2.05, 4.69) is 10.6 Å². The maximum absolute atomic E-state index is 13.3. The van der Waals surface area contributed by atoms with Crippen molar-refractivity contribution in [2.75, 3.05) is 56.0 Å². The Bertz CT molecular complexity index is 1430. The third-order valence-electron chi connectivity index (χ3n) is 7.42. The van der Waals surface area contributed by atoms with E-state index in [0.29, 0.717) is 49.1 Å². The fourth-order valence-electron chi connectivity index (χ4n) is 5.16. The van der Waals surface area contributed by atoms with Crippen LogP contribution in [-0.4, -0.2) is 79.4 Å². The van der Waals surface area contributed by atoms with Gasteiger partial charge in [0.05, 0.1) is 18.5 Å². The Morgan fingerprint density at radius 3 is 2.28 bits per heavy atom. The number of benzene rings is 3. The van der Waals surface area contributed by atoms with E-state index in [9.17, 15) is 27.6 Å². The number of ether oxygens (including phenoxy) is 1. The summed E-state index contributed by atoms with van der Waals surface area (Å²) >= 11 is 0. The van der Waals surface area contributed by atoms with Gasteiger partial charge in [0.15, 0.2) is 0 Å². The molecule has 0 aromatic heterocycles. The van der Waals surface area contributed by atoms with Crippen LogP contribution < -0.4 is 20.3 Å². The molecule has 2 saturated heterocycles. The van der Waals surface area contributed by atoms with E-state index >= 15 is 0 Å². The second-order valence-electron chi connectivity index (χ2n) is 10.4. The molecule has 0 bridgehead atoms. The van der Waals surface area contributed by atoms with E-state index < -0.39 is 29.6 Å². The molecule has 226 valence electrons. The molecule has 3 aromatic rings. The molecule has 2 aliphatic rings. The molecular weight excluding hydrogens is 563 g/mol. The summed E-state index contributed by atoms with van der Waals surface area (Å²) in [6.07, 6.45) is -4.62. The van der Waals surface area contributed by atoms with Crippen LogP contribution in [0.2, 0.25) is 0 Å². The maximum Gasteiger partial charge on any atom is 0.416 e. The molecule has 2 aliphatic heterocycles. The number of anilines is 2. The minimum Gasteiger partial charge on any atom is -0.457 e. The number of para-hydroxylation sites is 1. The maximum atomic E-state index is 13.3. The van der Waals surface area contributed by atoms with Gasteiger partial charge in [0.2, 0.25) is 17.7 Å². The standard InChI is InChI=1S/C31H32F3N5O4/c32-31(33,34)22-5-4-6-24(19-22)38-17-15-37(16-18-38)21-29(41)39-14-13-35-30(42)27(39)20-28(40)36-23-9-11-26(12-10-23)43-25-7-2-1-3-8-25/h1-12,19,27H,13-18,20-21H2,(H,35,42)(H,36,40). The van der Waals surface area contributed by atoms with Crippen LogP contribution in [0, 0.1) is 0 Å². The van der Waals surface area contributed by atoms with Crippen molar-refractivity contribution in [1.82, 2.24) is 15.1 Å². The minimum absolute atomic E-state index is 0.0463. The SMILES string of the molecule is O=C(CC1C(=O)NCCN1C(=O)CN1CCN(c2cccc(C(F)(F)F)c2)CC1)Nc1ccc(Oc2ccccc2)cc1. The third-order valence-corrected chi connectivity index (χ3v) is 7.42. The summed E-state index contributed by atoms with van der Waals surface area (Å²) in [7, 11) is 0. The summed E-state index contributed by atoms with van der Waals surface area (Å²) in [5.74, 6) is 0.206. The van der Waals surface area contributed by atoms with Gasteiger partial charge in [-0.2, -0.15) is 13.2 Å². The highest BCUT2D eigenvalue weighted by atomic mass is 19.4. The van der Waals surface area contributed by atoms with Crippen LogP contribution in [0.1, 0.15) is 12.0 Å². The summed E-state index contributed by atoms with van der Waals surface area (Å²) in [4.78, 5) is 44.1. The van der Waals surface area contributed by atoms with E-state index in [1.54, 1.807) is 30.3 Å². The smallest absolute Gasteiger partial charge is 0.416 e. The molecule has 12 heteroatoms. The minimum atomic E-state index is -4.42. The van der Waals surface area contributed by atoms with Gasteiger partial charge < -0.3 is 25.2 Å². The molecule has 5 rings (SSSR count). The lowest BCUT2D eigenvalue weighted by atomic mass is 10.1. The van der Waals surface area contributed by atoms with E-state index in [1.165, 1.54) is 11.0 Å². The Morgan fingerprint density at radius 1 is 0.884 bits per heavy atom. The average Bonchev–Trinajstić information content (AvgIpc) is 3.00. The zero-order valence-corrected chi connectivity index (χ0v) is 23.3. The predicted molar refractivity (Wildman–Crippen MR) is 155 cm³/mol. The number of rotatable bonds is 8. The quantitative estimate of drug-likeness (QED) is 0.410. The van der Waals surface area contributed by atoms with Crippen molar-refractivity contribution >= 4 is 29.1 Å². The van der Waals surface area contributed by atoms with Crippen molar-refractivity contribution in [3.63, 3.8) is 0 Å². The van der Waals surface area contributed by atoms with Gasteiger partial charge in [-0.05, 0) is 54.6 Å². The van der Waals surface area contributed by atoms with Crippen LogP contribution in [0.4, 0.5) is 24.5 Å². The first-order chi connectivity index (χ1) is 20.7. The zero-order valence-electron chi connectivity index (χ0n) is 23.3. The van der Waals surface area contributed by atoms with Gasteiger partial charge in [-0.15, -0.1) is 0 Å². The number of alkyl halides is 3. The number of piperazine rings is 2. The Balaban J connectivity index is 1.13. The number of amides is 3. The molecule has 9 nitrogen and oxygen atoms in total. The third kappa shape index (κ3) is 7.83. The Hall–Kier alpha value is -4.58. The summed E-state index contributed by atoms with van der Waals surface area (Å²) in [5.41, 5.74) is 0.311. The van der Waals surface area contributed by atoms with Crippen LogP contribution in [-0.2, 0) is 20.6 Å². The largest absolute Gasteiger partial charge is 0.457 e. The molecule has 3 aromatic carbocycles. The van der Waals surface area contributed by atoms with E-state index in [1.807, 2.05) is 40.1 Å². The van der Waals surface area contributed by atoms with Crippen LogP contribution in [0.15, 0.2) is 78.9 Å². The fraction of sp³-hybridized carbons (Fsp3) is 0.323. The Morgan fingerprint density at radius 2 is 1.58 bits per heavy atom. The molecule has 2 heterocycles. The van der Waals surface area contributed by atoms with Crippen molar-refractivity contribution < 1.29 is 32.3 Å². The van der Waals surface area contributed by atoms with Crippen LogP contribution in [0.3, 0.4) is 0 Å². The van der Waals surface area contributed by atoms with E-state index in [4.69, 9.17) is 4.74 Å². The van der Waals surface area contributed by atoms with Gasteiger partial charge in [0, 0.05) is 50.6 Å². The summed E-state index contributed by atoms with van der Waals surface area (Å²) in [5, 5.41) is 5.51. The van der Waals surface area contributed by atoms with Gasteiger partial charge in [0.1, 0.15) is 17.5 Å². The van der Waals surface area contributed by atoms with E-state index in [0.717, 1.165) is 12.1 Å². The average molecular weight is 596 g/mol. The molecule has 3 amide bonds. The van der Waals surface area contributed by atoms with Crippen molar-refractivity contribution in [1.29, 1.82) is 0 Å². The first kappa shape index (κ1) is 29.9. The molecule has 2 N–H and O–H groups in total. The Labute approximate surface area is 247 Å². The molecule has 43 heavy (non-hydrogen) atoms. The highest BCUT2D eigenvalue weighted by Crippen LogP contribution is 2.32. The second-order valence-corrected chi connectivity index (χ2v) is 10.4. The molecule has 0 spiro atoms. The lowest BCUT2D eigenvalue weighted by Gasteiger charge is -2.39. The lowest BCUT2D eigenvalue weighted by Crippen LogP contribution is -2.60. The van der Waals surface area contributed by atoms with Gasteiger partial charge in [-0.1, -0.05) is 24.3 Å². The highest BCUT2D eigenvalue weighted by Gasteiger charge is 2.36. The number of carbonyl (C=O) groups excluding carboxylic acids is 3. The molecule has 0 radical (unpaired) electrons. The zero-order chi connectivity index (χ0) is 30.4. The van der Waals surface area contributed by atoms with Gasteiger partial charge in [0.25, 0.3) is 0 Å². The molecule has 1 unspecified atom stereocenters. The van der Waals surface area contributed by atoms with Gasteiger partial charge >= 0.3 is 6.18 Å². The van der Waals surface area contributed by atoms with Crippen LogP contribution in [0.5, 0.6) is 11.5 Å². The first-order valence-electron chi connectivity index (χ1n) is 14.0. The molecule has 1 atom stereocenters. The van der Waals surface area contributed by atoms with Gasteiger partial charge in [-0.3, -0.25) is 19.3 Å². The lowest BCUT2D eigenvalue weighted by molar-refractivity contribution is -0.145. The molecule has 2 fully saturated rings. The number of halogens is 3. The van der Waals surface area contributed by atoms with E-state index in [-0.39, 0.29) is 32.0 Å². The first-order valence-corrected chi connectivity index (χ1v) is 14.0. The van der Waals surface area contributed by atoms with Crippen molar-refractivity contribution in [2.45, 2.75) is 18.6 Å². The predicted octanol–water partition coefficient (Wildman–Crippen LogP) is 3.98. The molecule has 0 aliphatic carbocycles.